The number of methoxy groups -OCH3 is 2. The van der Waals surface area contributed by atoms with Gasteiger partial charge in [0.2, 0.25) is 11.8 Å². The van der Waals surface area contributed by atoms with Crippen LogP contribution in [0.4, 0.5) is 0 Å². The molecule has 1 aliphatic rings. The van der Waals surface area contributed by atoms with Crippen LogP contribution in [0.5, 0.6) is 11.5 Å². The molecule has 0 atom stereocenters. The van der Waals surface area contributed by atoms with Gasteiger partial charge in [-0.05, 0) is 67.3 Å². The summed E-state index contributed by atoms with van der Waals surface area (Å²) in [6, 6.07) is 7.96. The van der Waals surface area contributed by atoms with Crippen molar-refractivity contribution in [3.8, 4) is 11.5 Å². The van der Waals surface area contributed by atoms with E-state index in [1.54, 1.807) is 30.5 Å². The van der Waals surface area contributed by atoms with Gasteiger partial charge < -0.3 is 19.3 Å². The molecule has 1 aromatic heterocycles. The highest BCUT2D eigenvalue weighted by molar-refractivity contribution is 7.10. The quantitative estimate of drug-likeness (QED) is 0.396. The number of rotatable bonds is 13. The first kappa shape index (κ1) is 26.1. The first-order valence-corrected chi connectivity index (χ1v) is 13.1. The molecule has 0 aliphatic heterocycles. The topological polar surface area (TPSA) is 59.1 Å². The Kier molecular flexibility index (Phi) is 9.81. The zero-order valence-electron chi connectivity index (χ0n) is 21.0. The number of aryl methyl sites for hydroxylation is 1. The Balaban J connectivity index is 1.73. The van der Waals surface area contributed by atoms with E-state index in [1.165, 1.54) is 10.4 Å². The maximum absolute atomic E-state index is 13.5. The van der Waals surface area contributed by atoms with E-state index >= 15 is 0 Å². The number of hydrogen-bond acceptors (Lipinski definition) is 5. The fraction of sp³-hybridized carbons (Fsp3) is 0.556. The second kappa shape index (κ2) is 12.8. The molecule has 34 heavy (non-hydrogen) atoms. The number of hydrogen-bond donors (Lipinski definition) is 0. The molecule has 2 aromatic rings. The molecule has 0 saturated heterocycles. The van der Waals surface area contributed by atoms with E-state index in [0.29, 0.717) is 37.6 Å². The van der Waals surface area contributed by atoms with Gasteiger partial charge in [0.1, 0.15) is 0 Å². The third-order valence-electron chi connectivity index (χ3n) is 6.65. The molecule has 7 heteroatoms. The van der Waals surface area contributed by atoms with Crippen molar-refractivity contribution >= 4 is 23.2 Å². The zero-order valence-corrected chi connectivity index (χ0v) is 21.8. The van der Waals surface area contributed by atoms with Crippen LogP contribution < -0.4 is 9.47 Å². The molecule has 3 rings (SSSR count). The highest BCUT2D eigenvalue weighted by Crippen LogP contribution is 2.29. The van der Waals surface area contributed by atoms with E-state index in [1.807, 2.05) is 23.1 Å². The summed E-state index contributed by atoms with van der Waals surface area (Å²) in [4.78, 5) is 31.4. The fourth-order valence-corrected chi connectivity index (χ4v) is 5.05. The molecule has 2 amide bonds. The summed E-state index contributed by atoms with van der Waals surface area (Å²) < 4.78 is 10.8. The predicted molar refractivity (Wildman–Crippen MR) is 137 cm³/mol. The Morgan fingerprint density at radius 2 is 1.82 bits per heavy atom. The molecule has 0 spiro atoms. The molecule has 6 nitrogen and oxygen atoms in total. The van der Waals surface area contributed by atoms with Gasteiger partial charge >= 0.3 is 0 Å². The minimum absolute atomic E-state index is 0.0112. The van der Waals surface area contributed by atoms with Gasteiger partial charge in [-0.2, -0.15) is 0 Å². The molecular weight excluding hydrogens is 448 g/mol. The molecule has 1 aromatic carbocycles. The number of carbonyl (C=O) groups is 2. The summed E-state index contributed by atoms with van der Waals surface area (Å²) in [6.45, 7) is 6.14. The summed E-state index contributed by atoms with van der Waals surface area (Å²) in [5.74, 6) is 1.64. The zero-order chi connectivity index (χ0) is 24.5. The number of thiophene rings is 1. The van der Waals surface area contributed by atoms with Crippen molar-refractivity contribution in [3.63, 3.8) is 0 Å². The Morgan fingerprint density at radius 1 is 1.06 bits per heavy atom. The van der Waals surface area contributed by atoms with Gasteiger partial charge in [0.15, 0.2) is 11.5 Å². The second-order valence-corrected chi connectivity index (χ2v) is 10.0. The van der Waals surface area contributed by atoms with Crippen molar-refractivity contribution < 1.29 is 19.1 Å². The van der Waals surface area contributed by atoms with Gasteiger partial charge in [0.05, 0.1) is 27.3 Å². The van der Waals surface area contributed by atoms with Crippen LogP contribution >= 0.6 is 11.3 Å². The van der Waals surface area contributed by atoms with Crippen LogP contribution in [-0.2, 0) is 22.6 Å². The fourth-order valence-electron chi connectivity index (χ4n) is 4.12. The van der Waals surface area contributed by atoms with E-state index in [2.05, 4.69) is 25.3 Å². The van der Waals surface area contributed by atoms with Crippen molar-refractivity contribution in [1.82, 2.24) is 9.80 Å². The van der Waals surface area contributed by atoms with Crippen molar-refractivity contribution in [3.05, 3.63) is 45.6 Å². The van der Waals surface area contributed by atoms with E-state index in [4.69, 9.17) is 9.47 Å². The Morgan fingerprint density at radius 3 is 2.41 bits per heavy atom. The second-order valence-electron chi connectivity index (χ2n) is 9.02. The lowest BCUT2D eigenvalue weighted by atomic mass is 9.84. The summed E-state index contributed by atoms with van der Waals surface area (Å²) in [6.07, 6.45) is 5.63. The lowest BCUT2D eigenvalue weighted by Gasteiger charge is -2.33. The van der Waals surface area contributed by atoms with E-state index < -0.39 is 0 Å². The average Bonchev–Trinajstić information content (AvgIpc) is 3.21. The van der Waals surface area contributed by atoms with E-state index in [0.717, 1.165) is 37.7 Å². The highest BCUT2D eigenvalue weighted by Gasteiger charge is 2.31. The standard InChI is InChI=1S/C27H38N2O4S/c1-5-6-14-29(27(31)22-8-7-9-22)19-26(30)28(18-25-20(2)13-16-34-25)15-12-21-10-11-23(32-3)24(17-21)33-4/h10-11,13,16-17,22H,5-9,12,14-15,18-19H2,1-4H3. The highest BCUT2D eigenvalue weighted by atomic mass is 32.1. The summed E-state index contributed by atoms with van der Waals surface area (Å²) >= 11 is 1.67. The van der Waals surface area contributed by atoms with Crippen molar-refractivity contribution in [2.75, 3.05) is 33.9 Å². The molecule has 1 aliphatic carbocycles. The average molecular weight is 487 g/mol. The smallest absolute Gasteiger partial charge is 0.242 e. The lowest BCUT2D eigenvalue weighted by molar-refractivity contribution is -0.145. The van der Waals surface area contributed by atoms with Crippen LogP contribution in [0.15, 0.2) is 29.6 Å². The van der Waals surface area contributed by atoms with Crippen molar-refractivity contribution in [1.29, 1.82) is 0 Å². The minimum Gasteiger partial charge on any atom is -0.493 e. The molecule has 1 heterocycles. The van der Waals surface area contributed by atoms with Crippen LogP contribution in [-0.4, -0.2) is 55.5 Å². The molecule has 0 N–H and O–H groups in total. The number of unbranched alkanes of at least 4 members (excludes halogenated alkanes) is 1. The molecule has 186 valence electrons. The molecular formula is C27H38N2O4S. The van der Waals surface area contributed by atoms with Gasteiger partial charge in [-0.15, -0.1) is 11.3 Å². The minimum atomic E-state index is 0.0112. The molecule has 0 unspecified atom stereocenters. The van der Waals surface area contributed by atoms with E-state index in [-0.39, 0.29) is 24.3 Å². The van der Waals surface area contributed by atoms with Crippen LogP contribution in [0.1, 0.15) is 55.0 Å². The van der Waals surface area contributed by atoms with Gasteiger partial charge in [0, 0.05) is 23.9 Å². The number of benzene rings is 1. The third kappa shape index (κ3) is 6.75. The normalized spacial score (nSPS) is 13.3. The van der Waals surface area contributed by atoms with Gasteiger partial charge in [-0.25, -0.2) is 0 Å². The largest absolute Gasteiger partial charge is 0.493 e. The number of amides is 2. The van der Waals surface area contributed by atoms with Crippen LogP contribution in [0, 0.1) is 12.8 Å². The Bertz CT molecular complexity index is 954. The summed E-state index contributed by atoms with van der Waals surface area (Å²) in [5.41, 5.74) is 2.27. The van der Waals surface area contributed by atoms with Crippen molar-refractivity contribution in [2.45, 2.75) is 58.9 Å². The first-order valence-electron chi connectivity index (χ1n) is 12.3. The molecule has 1 saturated carbocycles. The maximum Gasteiger partial charge on any atom is 0.242 e. The SMILES string of the molecule is CCCCN(CC(=O)N(CCc1ccc(OC)c(OC)c1)Cc1sccc1C)C(=O)C1CCC1. The Labute approximate surface area is 207 Å². The van der Waals surface area contributed by atoms with Gasteiger partial charge in [-0.1, -0.05) is 25.8 Å². The predicted octanol–water partition coefficient (Wildman–Crippen LogP) is 5.07. The summed E-state index contributed by atoms with van der Waals surface area (Å²) in [7, 11) is 3.25. The third-order valence-corrected chi connectivity index (χ3v) is 7.66. The molecule has 0 bridgehead atoms. The van der Waals surface area contributed by atoms with Gasteiger partial charge in [0.25, 0.3) is 0 Å². The number of carbonyl (C=O) groups excluding carboxylic acids is 2. The number of ether oxygens (including phenoxy) is 2. The van der Waals surface area contributed by atoms with E-state index in [9.17, 15) is 9.59 Å². The molecule has 0 radical (unpaired) electrons. The van der Waals surface area contributed by atoms with Crippen LogP contribution in [0.3, 0.4) is 0 Å². The van der Waals surface area contributed by atoms with Gasteiger partial charge in [-0.3, -0.25) is 9.59 Å². The lowest BCUT2D eigenvalue weighted by Crippen LogP contribution is -2.46. The maximum atomic E-state index is 13.5. The van der Waals surface area contributed by atoms with Crippen LogP contribution in [0.2, 0.25) is 0 Å². The summed E-state index contributed by atoms with van der Waals surface area (Å²) in [5, 5.41) is 2.06. The van der Waals surface area contributed by atoms with Crippen molar-refractivity contribution in [2.24, 2.45) is 5.92 Å². The Hall–Kier alpha value is -2.54. The molecule has 1 fully saturated rings. The number of nitrogens with zero attached hydrogens (tertiary/aromatic N) is 2. The van der Waals surface area contributed by atoms with Crippen LogP contribution in [0.25, 0.3) is 0 Å². The first-order chi connectivity index (χ1) is 16.5. The monoisotopic (exact) mass is 486 g/mol.